The molecule has 0 saturated carbocycles. The van der Waals surface area contributed by atoms with Gasteiger partial charge in [-0.1, -0.05) is 0 Å². The molecule has 0 N–H and O–H groups in total. The number of nitrogens with zero attached hydrogens (tertiary/aromatic N) is 5. The summed E-state index contributed by atoms with van der Waals surface area (Å²) in [4.78, 5) is 22.3. The molecule has 116 valence electrons. The number of likely N-dealkylation sites (N-methyl/N-ethyl adjacent to an activating group) is 1. The third-order valence-electron chi connectivity index (χ3n) is 4.63. The Morgan fingerprint density at radius 3 is 2.77 bits per heavy atom. The van der Waals surface area contributed by atoms with Gasteiger partial charge in [-0.25, -0.2) is 4.98 Å². The molecule has 3 heterocycles. The summed E-state index contributed by atoms with van der Waals surface area (Å²) in [6.07, 6.45) is 2.76. The number of hydrogen-bond acceptors (Lipinski definition) is 5. The number of nitriles is 1. The van der Waals surface area contributed by atoms with Gasteiger partial charge in [0.25, 0.3) is 0 Å². The number of anilines is 1. The molecule has 1 spiro atoms. The summed E-state index contributed by atoms with van der Waals surface area (Å²) in [7, 11) is 3.60. The van der Waals surface area contributed by atoms with Gasteiger partial charge in [0.05, 0.1) is 12.1 Å². The normalized spacial score (nSPS) is 19.8. The molecule has 0 atom stereocenters. The molecule has 0 radical (unpaired) electrons. The van der Waals surface area contributed by atoms with E-state index in [-0.39, 0.29) is 5.91 Å². The molecule has 2 aliphatic heterocycles. The van der Waals surface area contributed by atoms with Crippen LogP contribution in [0.4, 0.5) is 5.82 Å². The third kappa shape index (κ3) is 2.77. The van der Waals surface area contributed by atoms with Crippen LogP contribution in [0.3, 0.4) is 0 Å². The summed E-state index contributed by atoms with van der Waals surface area (Å²) in [5.41, 5.74) is 0.899. The molecule has 3 rings (SSSR count). The van der Waals surface area contributed by atoms with Crippen LogP contribution in [0.5, 0.6) is 0 Å². The first-order chi connectivity index (χ1) is 10.5. The SMILES string of the molecule is CN(C)C(=O)CN1CCC2(C1)CN(c1ccc(C#N)cn1)C2. The van der Waals surface area contributed by atoms with Crippen molar-refractivity contribution in [2.24, 2.45) is 5.41 Å². The maximum absolute atomic E-state index is 11.8. The van der Waals surface area contributed by atoms with Gasteiger partial charge < -0.3 is 9.80 Å². The van der Waals surface area contributed by atoms with E-state index in [1.807, 2.05) is 12.1 Å². The summed E-state index contributed by atoms with van der Waals surface area (Å²) >= 11 is 0. The minimum absolute atomic E-state index is 0.169. The standard InChI is InChI=1S/C16H21N5O/c1-19(2)15(22)9-20-6-5-16(10-20)11-21(12-16)14-4-3-13(7-17)8-18-14/h3-4,8H,5-6,9-12H2,1-2H3. The second kappa shape index (κ2) is 5.58. The van der Waals surface area contributed by atoms with Crippen LogP contribution >= 0.6 is 0 Å². The second-order valence-electron chi connectivity index (χ2n) is 6.62. The first-order valence-corrected chi connectivity index (χ1v) is 7.55. The molecule has 6 heteroatoms. The molecule has 0 unspecified atom stereocenters. The Hall–Kier alpha value is -2.13. The van der Waals surface area contributed by atoms with Crippen LogP contribution in [-0.4, -0.2) is 67.5 Å². The monoisotopic (exact) mass is 299 g/mol. The lowest BCUT2D eigenvalue weighted by molar-refractivity contribution is -0.129. The number of carbonyl (C=O) groups is 1. The molecule has 1 aromatic heterocycles. The van der Waals surface area contributed by atoms with Crippen molar-refractivity contribution in [3.05, 3.63) is 23.9 Å². The molecule has 1 aromatic rings. The Kier molecular flexibility index (Phi) is 3.75. The average Bonchev–Trinajstić information content (AvgIpc) is 2.90. The Labute approximate surface area is 130 Å². The molecule has 0 aliphatic carbocycles. The zero-order valence-corrected chi connectivity index (χ0v) is 13.1. The van der Waals surface area contributed by atoms with E-state index in [0.29, 0.717) is 17.5 Å². The van der Waals surface area contributed by atoms with Gasteiger partial charge in [-0.2, -0.15) is 5.26 Å². The molecule has 0 bridgehead atoms. The number of aromatic nitrogens is 1. The Balaban J connectivity index is 1.54. The lowest BCUT2D eigenvalue weighted by atomic mass is 9.79. The smallest absolute Gasteiger partial charge is 0.236 e. The van der Waals surface area contributed by atoms with Crippen molar-refractivity contribution in [2.75, 3.05) is 51.7 Å². The first-order valence-electron chi connectivity index (χ1n) is 7.55. The Bertz CT molecular complexity index is 598. The van der Waals surface area contributed by atoms with Crippen molar-refractivity contribution >= 4 is 11.7 Å². The predicted octanol–water partition coefficient (Wildman–Crippen LogP) is 0.554. The fourth-order valence-corrected chi connectivity index (χ4v) is 3.32. The van der Waals surface area contributed by atoms with Gasteiger partial charge in [0.15, 0.2) is 0 Å². The van der Waals surface area contributed by atoms with Crippen molar-refractivity contribution < 1.29 is 4.79 Å². The fourth-order valence-electron chi connectivity index (χ4n) is 3.32. The van der Waals surface area contributed by atoms with Gasteiger partial charge in [0, 0.05) is 45.3 Å². The highest BCUT2D eigenvalue weighted by atomic mass is 16.2. The summed E-state index contributed by atoms with van der Waals surface area (Å²) in [5, 5.41) is 8.81. The minimum atomic E-state index is 0.169. The number of carbonyl (C=O) groups excluding carboxylic acids is 1. The quantitative estimate of drug-likeness (QED) is 0.816. The van der Waals surface area contributed by atoms with Crippen LogP contribution in [0.25, 0.3) is 0 Å². The highest BCUT2D eigenvalue weighted by Gasteiger charge is 2.48. The molecular weight excluding hydrogens is 278 g/mol. The minimum Gasteiger partial charge on any atom is -0.355 e. The van der Waals surface area contributed by atoms with Crippen LogP contribution < -0.4 is 4.90 Å². The van der Waals surface area contributed by atoms with E-state index in [1.54, 1.807) is 25.2 Å². The maximum Gasteiger partial charge on any atom is 0.236 e. The largest absolute Gasteiger partial charge is 0.355 e. The molecule has 1 amide bonds. The van der Waals surface area contributed by atoms with Crippen molar-refractivity contribution in [1.29, 1.82) is 5.26 Å². The van der Waals surface area contributed by atoms with E-state index in [0.717, 1.165) is 38.4 Å². The van der Waals surface area contributed by atoms with Crippen LogP contribution in [0.2, 0.25) is 0 Å². The van der Waals surface area contributed by atoms with Crippen molar-refractivity contribution in [2.45, 2.75) is 6.42 Å². The van der Waals surface area contributed by atoms with Gasteiger partial charge in [0.2, 0.25) is 5.91 Å². The van der Waals surface area contributed by atoms with Crippen molar-refractivity contribution in [1.82, 2.24) is 14.8 Å². The molecule has 2 aliphatic rings. The lowest BCUT2D eigenvalue weighted by Crippen LogP contribution is -2.58. The van der Waals surface area contributed by atoms with Crippen molar-refractivity contribution in [3.63, 3.8) is 0 Å². The van der Waals surface area contributed by atoms with E-state index >= 15 is 0 Å². The van der Waals surface area contributed by atoms with E-state index in [4.69, 9.17) is 5.26 Å². The number of amides is 1. The number of hydrogen-bond donors (Lipinski definition) is 0. The van der Waals surface area contributed by atoms with Crippen LogP contribution in [0.15, 0.2) is 18.3 Å². The summed E-state index contributed by atoms with van der Waals surface area (Å²) < 4.78 is 0. The zero-order valence-electron chi connectivity index (χ0n) is 13.1. The van der Waals surface area contributed by atoms with E-state index in [9.17, 15) is 4.79 Å². The average molecular weight is 299 g/mol. The molecule has 0 aromatic carbocycles. The number of likely N-dealkylation sites (tertiary alicyclic amines) is 1. The molecule has 2 saturated heterocycles. The van der Waals surface area contributed by atoms with E-state index < -0.39 is 0 Å². The fraction of sp³-hybridized carbons (Fsp3) is 0.562. The lowest BCUT2D eigenvalue weighted by Gasteiger charge is -2.48. The van der Waals surface area contributed by atoms with Crippen LogP contribution in [0.1, 0.15) is 12.0 Å². The number of pyridine rings is 1. The first kappa shape index (κ1) is 14.8. The molecule has 22 heavy (non-hydrogen) atoms. The van der Waals surface area contributed by atoms with Gasteiger partial charge in [-0.05, 0) is 25.1 Å². The highest BCUT2D eigenvalue weighted by molar-refractivity contribution is 5.77. The van der Waals surface area contributed by atoms with Crippen molar-refractivity contribution in [3.8, 4) is 6.07 Å². The molecule has 2 fully saturated rings. The van der Waals surface area contributed by atoms with Gasteiger partial charge >= 0.3 is 0 Å². The Morgan fingerprint density at radius 2 is 2.18 bits per heavy atom. The second-order valence-corrected chi connectivity index (χ2v) is 6.62. The highest BCUT2D eigenvalue weighted by Crippen LogP contribution is 2.41. The third-order valence-corrected chi connectivity index (χ3v) is 4.63. The zero-order chi connectivity index (χ0) is 15.7. The summed E-state index contributed by atoms with van der Waals surface area (Å²) in [5.74, 6) is 1.11. The van der Waals surface area contributed by atoms with Gasteiger partial charge in [-0.3, -0.25) is 9.69 Å². The van der Waals surface area contributed by atoms with Crippen LogP contribution in [-0.2, 0) is 4.79 Å². The summed E-state index contributed by atoms with van der Waals surface area (Å²) in [6.45, 7) is 4.47. The van der Waals surface area contributed by atoms with E-state index in [2.05, 4.69) is 20.9 Å². The van der Waals surface area contributed by atoms with Gasteiger partial charge in [0.1, 0.15) is 11.9 Å². The van der Waals surface area contributed by atoms with E-state index in [1.165, 1.54) is 0 Å². The topological polar surface area (TPSA) is 63.5 Å². The molecule has 6 nitrogen and oxygen atoms in total. The maximum atomic E-state index is 11.8. The van der Waals surface area contributed by atoms with Gasteiger partial charge in [-0.15, -0.1) is 0 Å². The predicted molar refractivity (Wildman–Crippen MR) is 83.3 cm³/mol. The Morgan fingerprint density at radius 1 is 1.41 bits per heavy atom. The molecular formula is C16H21N5O. The number of rotatable bonds is 3. The summed E-state index contributed by atoms with van der Waals surface area (Å²) in [6, 6.07) is 5.81. The van der Waals surface area contributed by atoms with Crippen LogP contribution in [0, 0.1) is 16.7 Å².